The summed E-state index contributed by atoms with van der Waals surface area (Å²) in [6.07, 6.45) is 3.14. The first-order valence-corrected chi connectivity index (χ1v) is 11.4. The number of fused-ring (bicyclic) bond motifs is 1. The van der Waals surface area contributed by atoms with Crippen molar-refractivity contribution >= 4 is 11.6 Å². The van der Waals surface area contributed by atoms with Crippen LogP contribution in [0.5, 0.6) is 11.6 Å². The highest BCUT2D eigenvalue weighted by molar-refractivity contribution is 5.44. The topological polar surface area (TPSA) is 84.6 Å². The predicted octanol–water partition coefficient (Wildman–Crippen LogP) is 4.64. The van der Waals surface area contributed by atoms with Gasteiger partial charge < -0.3 is 9.64 Å². The van der Waals surface area contributed by atoms with Crippen molar-refractivity contribution < 1.29 is 9.66 Å². The molecular formula is C25H27N5O3. The van der Waals surface area contributed by atoms with E-state index in [1.54, 1.807) is 12.1 Å². The number of hydrogen-bond donors (Lipinski definition) is 0. The number of rotatable bonds is 6. The summed E-state index contributed by atoms with van der Waals surface area (Å²) in [6.45, 7) is 6.25. The maximum absolute atomic E-state index is 10.9. The molecule has 2 aliphatic rings. The number of aryl methyl sites for hydroxylation is 1. The molecule has 3 aromatic rings. The maximum Gasteiger partial charge on any atom is 0.269 e. The van der Waals surface area contributed by atoms with E-state index in [9.17, 15) is 10.1 Å². The lowest BCUT2D eigenvalue weighted by molar-refractivity contribution is -0.384. The van der Waals surface area contributed by atoms with Crippen molar-refractivity contribution in [1.82, 2.24) is 14.9 Å². The van der Waals surface area contributed by atoms with Gasteiger partial charge in [0.05, 0.1) is 16.2 Å². The highest BCUT2D eigenvalue weighted by Crippen LogP contribution is 2.33. The van der Waals surface area contributed by atoms with Gasteiger partial charge in [-0.05, 0) is 43.0 Å². The molecule has 1 saturated heterocycles. The van der Waals surface area contributed by atoms with Crippen LogP contribution >= 0.6 is 0 Å². The molecule has 0 bridgehead atoms. The standard InChI is InChI=1S/C25H27N5O3/c1-18-5-4-6-21(15-18)33-24-22-17-28(16-19-7-9-20(10-8-19)30(31)32)14-11-23(22)26-25(27-24)29-12-2-3-13-29/h4-10,15H,2-3,11-14,16-17H2,1H3. The van der Waals surface area contributed by atoms with Crippen LogP contribution in [0.25, 0.3) is 0 Å². The van der Waals surface area contributed by atoms with Gasteiger partial charge in [0.1, 0.15) is 5.75 Å². The third kappa shape index (κ3) is 4.80. The molecule has 1 fully saturated rings. The van der Waals surface area contributed by atoms with Crippen molar-refractivity contribution in [3.8, 4) is 11.6 Å². The molecule has 2 aromatic carbocycles. The van der Waals surface area contributed by atoms with Crippen LogP contribution in [0, 0.1) is 17.0 Å². The molecule has 0 aliphatic carbocycles. The SMILES string of the molecule is Cc1cccc(Oc2nc(N3CCCC3)nc3c2CN(Cc2ccc([N+](=O)[O-])cc2)CC3)c1. The normalized spacial score (nSPS) is 16.0. The van der Waals surface area contributed by atoms with E-state index in [1.165, 1.54) is 0 Å². The molecule has 2 aliphatic heterocycles. The summed E-state index contributed by atoms with van der Waals surface area (Å²) in [5.74, 6) is 2.16. The minimum absolute atomic E-state index is 0.111. The summed E-state index contributed by atoms with van der Waals surface area (Å²) >= 11 is 0. The third-order valence-corrected chi connectivity index (χ3v) is 6.24. The lowest BCUT2D eigenvalue weighted by atomic mass is 10.1. The van der Waals surface area contributed by atoms with Crippen LogP contribution < -0.4 is 9.64 Å². The Balaban J connectivity index is 1.42. The smallest absolute Gasteiger partial charge is 0.269 e. The zero-order chi connectivity index (χ0) is 22.8. The molecule has 33 heavy (non-hydrogen) atoms. The van der Waals surface area contributed by atoms with Crippen molar-refractivity contribution in [2.45, 2.75) is 39.3 Å². The Morgan fingerprint density at radius 1 is 1.06 bits per heavy atom. The van der Waals surface area contributed by atoms with Crippen molar-refractivity contribution in [3.05, 3.63) is 81.0 Å². The molecule has 3 heterocycles. The second kappa shape index (κ2) is 9.15. The van der Waals surface area contributed by atoms with Gasteiger partial charge in [0.2, 0.25) is 11.8 Å². The average molecular weight is 446 g/mol. The molecular weight excluding hydrogens is 418 g/mol. The molecule has 8 heteroatoms. The Morgan fingerprint density at radius 3 is 2.58 bits per heavy atom. The zero-order valence-electron chi connectivity index (χ0n) is 18.7. The van der Waals surface area contributed by atoms with Gasteiger partial charge in [-0.15, -0.1) is 0 Å². The van der Waals surface area contributed by atoms with Gasteiger partial charge >= 0.3 is 0 Å². The number of aromatic nitrogens is 2. The monoisotopic (exact) mass is 445 g/mol. The third-order valence-electron chi connectivity index (χ3n) is 6.24. The second-order valence-corrected chi connectivity index (χ2v) is 8.75. The van der Waals surface area contributed by atoms with E-state index < -0.39 is 0 Å². The molecule has 0 atom stereocenters. The highest BCUT2D eigenvalue weighted by Gasteiger charge is 2.26. The predicted molar refractivity (Wildman–Crippen MR) is 126 cm³/mol. The van der Waals surface area contributed by atoms with Crippen LogP contribution in [0.15, 0.2) is 48.5 Å². The Kier molecular flexibility index (Phi) is 5.92. The Labute approximate surface area is 193 Å². The summed E-state index contributed by atoms with van der Waals surface area (Å²) in [7, 11) is 0. The fourth-order valence-electron chi connectivity index (χ4n) is 4.48. The van der Waals surface area contributed by atoms with E-state index in [4.69, 9.17) is 14.7 Å². The lowest BCUT2D eigenvalue weighted by Crippen LogP contribution is -2.32. The second-order valence-electron chi connectivity index (χ2n) is 8.75. The first-order valence-electron chi connectivity index (χ1n) is 11.4. The van der Waals surface area contributed by atoms with Gasteiger partial charge in [-0.25, -0.2) is 4.98 Å². The quantitative estimate of drug-likeness (QED) is 0.403. The van der Waals surface area contributed by atoms with Crippen molar-refractivity contribution in [2.24, 2.45) is 0 Å². The fraction of sp³-hybridized carbons (Fsp3) is 0.360. The van der Waals surface area contributed by atoms with Gasteiger partial charge in [0.25, 0.3) is 5.69 Å². The van der Waals surface area contributed by atoms with Crippen LogP contribution in [-0.4, -0.2) is 39.4 Å². The molecule has 8 nitrogen and oxygen atoms in total. The van der Waals surface area contributed by atoms with Gasteiger partial charge in [0.15, 0.2) is 0 Å². The Morgan fingerprint density at radius 2 is 1.85 bits per heavy atom. The number of nitro groups is 1. The highest BCUT2D eigenvalue weighted by atomic mass is 16.6. The fourth-order valence-corrected chi connectivity index (χ4v) is 4.48. The number of ether oxygens (including phenoxy) is 1. The summed E-state index contributed by atoms with van der Waals surface area (Å²) < 4.78 is 6.32. The number of nitro benzene ring substituents is 1. The van der Waals surface area contributed by atoms with Crippen molar-refractivity contribution in [1.29, 1.82) is 0 Å². The van der Waals surface area contributed by atoms with E-state index in [0.29, 0.717) is 19.0 Å². The van der Waals surface area contributed by atoms with Gasteiger partial charge in [-0.1, -0.05) is 24.3 Å². The minimum atomic E-state index is -0.370. The lowest BCUT2D eigenvalue weighted by Gasteiger charge is -2.30. The average Bonchev–Trinajstić information content (AvgIpc) is 3.35. The van der Waals surface area contributed by atoms with Crippen LogP contribution in [0.4, 0.5) is 11.6 Å². The van der Waals surface area contributed by atoms with E-state index in [0.717, 1.165) is 73.0 Å². The minimum Gasteiger partial charge on any atom is -0.438 e. The molecule has 0 radical (unpaired) electrons. The van der Waals surface area contributed by atoms with Crippen LogP contribution in [0.3, 0.4) is 0 Å². The zero-order valence-corrected chi connectivity index (χ0v) is 18.7. The summed E-state index contributed by atoms with van der Waals surface area (Å²) in [6, 6.07) is 14.8. The van der Waals surface area contributed by atoms with Gasteiger partial charge in [0, 0.05) is 51.3 Å². The molecule has 0 spiro atoms. The summed E-state index contributed by atoms with van der Waals surface area (Å²) in [4.78, 5) is 24.9. The largest absolute Gasteiger partial charge is 0.438 e. The molecule has 170 valence electrons. The summed E-state index contributed by atoms with van der Waals surface area (Å²) in [5, 5.41) is 10.9. The van der Waals surface area contributed by atoms with Crippen molar-refractivity contribution in [3.63, 3.8) is 0 Å². The number of hydrogen-bond acceptors (Lipinski definition) is 7. The van der Waals surface area contributed by atoms with E-state index in [1.807, 2.05) is 43.3 Å². The number of non-ortho nitro benzene ring substituents is 1. The molecule has 0 amide bonds. The maximum atomic E-state index is 10.9. The van der Waals surface area contributed by atoms with Gasteiger partial charge in [-0.2, -0.15) is 4.98 Å². The van der Waals surface area contributed by atoms with Gasteiger partial charge in [-0.3, -0.25) is 15.0 Å². The molecule has 0 unspecified atom stereocenters. The molecule has 0 saturated carbocycles. The number of benzene rings is 2. The van der Waals surface area contributed by atoms with Crippen LogP contribution in [0.1, 0.15) is 35.2 Å². The first-order chi connectivity index (χ1) is 16.0. The van der Waals surface area contributed by atoms with Crippen LogP contribution in [0.2, 0.25) is 0 Å². The molecule has 0 N–H and O–H groups in total. The Hall–Kier alpha value is -3.52. The Bertz CT molecular complexity index is 1160. The number of anilines is 1. The van der Waals surface area contributed by atoms with E-state index >= 15 is 0 Å². The summed E-state index contributed by atoms with van der Waals surface area (Å²) in [5.41, 5.74) is 4.36. The number of nitrogens with zero attached hydrogens (tertiary/aromatic N) is 5. The van der Waals surface area contributed by atoms with E-state index in [-0.39, 0.29) is 10.6 Å². The molecule has 1 aromatic heterocycles. The van der Waals surface area contributed by atoms with Crippen molar-refractivity contribution in [2.75, 3.05) is 24.5 Å². The van der Waals surface area contributed by atoms with Crippen LogP contribution in [-0.2, 0) is 19.5 Å². The van der Waals surface area contributed by atoms with E-state index in [2.05, 4.69) is 9.80 Å². The molecule has 5 rings (SSSR count). The first kappa shape index (κ1) is 21.3.